The maximum absolute atomic E-state index is 13.8. The van der Waals surface area contributed by atoms with Crippen molar-refractivity contribution >= 4 is 27.5 Å². The summed E-state index contributed by atoms with van der Waals surface area (Å²) in [6, 6.07) is 3.21. The molecule has 10 heteroatoms. The zero-order valence-corrected chi connectivity index (χ0v) is 18.8. The maximum atomic E-state index is 13.8. The third kappa shape index (κ3) is 3.83. The Kier molecular flexibility index (Phi) is 5.53. The smallest absolute Gasteiger partial charge is 0.420 e. The van der Waals surface area contributed by atoms with Crippen LogP contribution in [0.15, 0.2) is 39.9 Å². The summed E-state index contributed by atoms with van der Waals surface area (Å²) in [5.74, 6) is -0.357. The highest BCUT2D eigenvalue weighted by Crippen LogP contribution is 2.37. The number of imidazole rings is 1. The Bertz CT molecular complexity index is 1130. The van der Waals surface area contributed by atoms with Crippen molar-refractivity contribution in [1.29, 1.82) is 0 Å². The number of alkyl halides is 3. The molecule has 1 saturated heterocycles. The van der Waals surface area contributed by atoms with Gasteiger partial charge in [0.25, 0.3) is 5.91 Å². The van der Waals surface area contributed by atoms with E-state index in [0.717, 1.165) is 19.2 Å². The van der Waals surface area contributed by atoms with Gasteiger partial charge in [0.05, 0.1) is 18.1 Å². The maximum Gasteiger partial charge on any atom is 0.420 e. The van der Waals surface area contributed by atoms with E-state index in [2.05, 4.69) is 25.8 Å². The number of hydrogen-bond donors (Lipinski definition) is 0. The molecule has 0 aromatic carbocycles. The molecule has 32 heavy (non-hydrogen) atoms. The second kappa shape index (κ2) is 8.22. The molecule has 2 fully saturated rings. The molecule has 0 radical (unpaired) electrons. The Morgan fingerprint density at radius 2 is 1.84 bits per heavy atom. The second-order valence-electron chi connectivity index (χ2n) is 8.36. The van der Waals surface area contributed by atoms with Gasteiger partial charge >= 0.3 is 6.18 Å². The van der Waals surface area contributed by atoms with E-state index in [1.165, 1.54) is 48.8 Å². The highest BCUT2D eigenvalue weighted by molar-refractivity contribution is 9.10. The standard InChI is InChI=1S/C22H22BrF3N4O2/c23-19-18(21(31)29-8-6-28(7-9-29)16-3-1-2-4-16)27-20-17(22(24,25)26)11-15(12-30(19)20)14-5-10-32-13-14/h5,10-13,16H,1-4,6-9H2. The van der Waals surface area contributed by atoms with Gasteiger partial charge in [0.1, 0.15) is 4.60 Å². The number of hydrogen-bond acceptors (Lipinski definition) is 4. The fourth-order valence-corrected chi connectivity index (χ4v) is 5.29. The number of aromatic nitrogens is 2. The van der Waals surface area contributed by atoms with Gasteiger partial charge in [-0.05, 0) is 40.9 Å². The van der Waals surface area contributed by atoms with E-state index in [1.807, 2.05) is 0 Å². The molecule has 3 aromatic rings. The molecule has 170 valence electrons. The fraction of sp³-hybridized carbons (Fsp3) is 0.455. The quantitative estimate of drug-likeness (QED) is 0.493. The lowest BCUT2D eigenvalue weighted by atomic mass is 10.1. The highest BCUT2D eigenvalue weighted by atomic mass is 79.9. The summed E-state index contributed by atoms with van der Waals surface area (Å²) in [5.41, 5.74) is -0.379. The summed E-state index contributed by atoms with van der Waals surface area (Å²) in [4.78, 5) is 21.4. The molecule has 0 spiro atoms. The molecule has 1 amide bonds. The zero-order valence-electron chi connectivity index (χ0n) is 17.2. The summed E-state index contributed by atoms with van der Waals surface area (Å²) in [6.45, 7) is 2.64. The van der Waals surface area contributed by atoms with Crippen LogP contribution in [0.25, 0.3) is 16.8 Å². The summed E-state index contributed by atoms with van der Waals surface area (Å²) in [5, 5.41) is 0. The second-order valence-corrected chi connectivity index (χ2v) is 9.11. The topological polar surface area (TPSA) is 54.0 Å². The summed E-state index contributed by atoms with van der Waals surface area (Å²) >= 11 is 3.33. The number of piperazine rings is 1. The van der Waals surface area contributed by atoms with Crippen LogP contribution in [0.5, 0.6) is 0 Å². The average molecular weight is 511 g/mol. The van der Waals surface area contributed by atoms with Crippen LogP contribution in [0.4, 0.5) is 13.2 Å². The predicted octanol–water partition coefficient (Wildman–Crippen LogP) is 5.08. The van der Waals surface area contributed by atoms with E-state index < -0.39 is 11.7 Å². The molecule has 0 N–H and O–H groups in total. The van der Waals surface area contributed by atoms with Gasteiger partial charge in [0.15, 0.2) is 11.3 Å². The van der Waals surface area contributed by atoms with Crippen LogP contribution in [0.2, 0.25) is 0 Å². The highest BCUT2D eigenvalue weighted by Gasteiger charge is 2.37. The number of carbonyl (C=O) groups excluding carboxylic acids is 1. The van der Waals surface area contributed by atoms with Gasteiger partial charge in [-0.1, -0.05) is 12.8 Å². The van der Waals surface area contributed by atoms with Gasteiger partial charge in [-0.3, -0.25) is 14.1 Å². The number of furan rings is 1. The van der Waals surface area contributed by atoms with Crippen LogP contribution in [-0.2, 0) is 6.18 Å². The van der Waals surface area contributed by atoms with Crippen molar-refractivity contribution in [2.75, 3.05) is 26.2 Å². The van der Waals surface area contributed by atoms with Crippen LogP contribution in [0.1, 0.15) is 41.7 Å². The van der Waals surface area contributed by atoms with Gasteiger partial charge in [-0.15, -0.1) is 0 Å². The molecular formula is C22H22BrF3N4O2. The lowest BCUT2D eigenvalue weighted by Gasteiger charge is -2.37. The molecule has 5 rings (SSSR count). The fourth-order valence-electron chi connectivity index (χ4n) is 4.76. The van der Waals surface area contributed by atoms with E-state index in [1.54, 1.807) is 11.0 Å². The number of nitrogens with zero attached hydrogens (tertiary/aromatic N) is 4. The first kappa shape index (κ1) is 21.5. The van der Waals surface area contributed by atoms with Crippen molar-refractivity contribution < 1.29 is 22.4 Å². The molecule has 0 atom stereocenters. The van der Waals surface area contributed by atoms with Crippen molar-refractivity contribution in [2.24, 2.45) is 0 Å². The van der Waals surface area contributed by atoms with Crippen molar-refractivity contribution in [3.8, 4) is 11.1 Å². The Balaban J connectivity index is 1.47. The minimum absolute atomic E-state index is 0.00541. The van der Waals surface area contributed by atoms with E-state index in [9.17, 15) is 18.0 Å². The molecule has 2 aliphatic rings. The van der Waals surface area contributed by atoms with Gasteiger partial charge < -0.3 is 9.32 Å². The van der Waals surface area contributed by atoms with Gasteiger partial charge in [-0.25, -0.2) is 4.98 Å². The van der Waals surface area contributed by atoms with Crippen LogP contribution in [0, 0.1) is 0 Å². The van der Waals surface area contributed by atoms with Crippen LogP contribution >= 0.6 is 15.9 Å². The Morgan fingerprint density at radius 1 is 1.12 bits per heavy atom. The van der Waals surface area contributed by atoms with E-state index in [-0.39, 0.29) is 21.9 Å². The largest absolute Gasteiger partial charge is 0.472 e. The SMILES string of the molecule is O=C(c1nc2c(C(F)(F)F)cc(-c3ccoc3)cn2c1Br)N1CCN(C2CCCC2)CC1. The van der Waals surface area contributed by atoms with Crippen LogP contribution < -0.4 is 0 Å². The third-order valence-electron chi connectivity index (χ3n) is 6.47. The number of amides is 1. The first-order valence-electron chi connectivity index (χ1n) is 10.7. The number of carbonyl (C=O) groups is 1. The summed E-state index contributed by atoms with van der Waals surface area (Å²) in [7, 11) is 0. The molecule has 1 aliphatic heterocycles. The van der Waals surface area contributed by atoms with E-state index in [0.29, 0.717) is 30.3 Å². The first-order chi connectivity index (χ1) is 15.3. The Labute approximate surface area is 191 Å². The number of halogens is 4. The minimum atomic E-state index is -4.63. The van der Waals surface area contributed by atoms with Crippen molar-refractivity contribution in [3.05, 3.63) is 46.7 Å². The molecule has 0 unspecified atom stereocenters. The van der Waals surface area contributed by atoms with Crippen molar-refractivity contribution in [3.63, 3.8) is 0 Å². The zero-order chi connectivity index (χ0) is 22.5. The van der Waals surface area contributed by atoms with E-state index in [4.69, 9.17) is 4.42 Å². The normalized spacial score (nSPS) is 18.7. The molecule has 1 saturated carbocycles. The van der Waals surface area contributed by atoms with E-state index >= 15 is 0 Å². The molecule has 3 aromatic heterocycles. The lowest BCUT2D eigenvalue weighted by molar-refractivity contribution is -0.136. The number of rotatable bonds is 3. The number of pyridine rings is 1. The minimum Gasteiger partial charge on any atom is -0.472 e. The van der Waals surface area contributed by atoms with Gasteiger partial charge in [0, 0.05) is 49.5 Å². The van der Waals surface area contributed by atoms with Crippen LogP contribution in [0.3, 0.4) is 0 Å². The lowest BCUT2D eigenvalue weighted by Crippen LogP contribution is -2.51. The molecule has 6 nitrogen and oxygen atoms in total. The molecule has 0 bridgehead atoms. The Morgan fingerprint density at radius 3 is 2.47 bits per heavy atom. The third-order valence-corrected chi connectivity index (χ3v) is 7.22. The number of fused-ring (bicyclic) bond motifs is 1. The summed E-state index contributed by atoms with van der Waals surface area (Å²) < 4.78 is 48.0. The summed E-state index contributed by atoms with van der Waals surface area (Å²) in [6.07, 6.45) is 4.58. The predicted molar refractivity (Wildman–Crippen MR) is 115 cm³/mol. The van der Waals surface area contributed by atoms with Crippen molar-refractivity contribution in [2.45, 2.75) is 37.9 Å². The monoisotopic (exact) mass is 510 g/mol. The molecule has 4 heterocycles. The van der Waals surface area contributed by atoms with Crippen molar-refractivity contribution in [1.82, 2.24) is 19.2 Å². The Hall–Kier alpha value is -2.33. The first-order valence-corrected chi connectivity index (χ1v) is 11.5. The molecular weight excluding hydrogens is 489 g/mol. The average Bonchev–Trinajstić information content (AvgIpc) is 3.54. The van der Waals surface area contributed by atoms with Gasteiger partial charge in [0.2, 0.25) is 0 Å². The van der Waals surface area contributed by atoms with Crippen LogP contribution in [-0.4, -0.2) is 57.3 Å². The van der Waals surface area contributed by atoms with Gasteiger partial charge in [-0.2, -0.15) is 13.2 Å². The molecule has 1 aliphatic carbocycles.